The SMILES string of the molecule is COc1ccc(C2CCCCN(C(=O)c3cc(-c4cc(OC)ccc4OC)nn3C)C2)cc1. The molecule has 1 saturated heterocycles. The molecule has 33 heavy (non-hydrogen) atoms. The summed E-state index contributed by atoms with van der Waals surface area (Å²) in [6, 6.07) is 15.6. The van der Waals surface area contributed by atoms with Gasteiger partial charge in [-0.05, 0) is 54.8 Å². The van der Waals surface area contributed by atoms with Crippen LogP contribution in [0.15, 0.2) is 48.5 Å². The Morgan fingerprint density at radius 2 is 1.67 bits per heavy atom. The Bertz CT molecular complexity index is 1110. The number of nitrogens with zero attached hydrogens (tertiary/aromatic N) is 3. The van der Waals surface area contributed by atoms with E-state index in [4.69, 9.17) is 14.2 Å². The van der Waals surface area contributed by atoms with Crippen molar-refractivity contribution < 1.29 is 19.0 Å². The average Bonchev–Trinajstić information content (AvgIpc) is 3.07. The van der Waals surface area contributed by atoms with Gasteiger partial charge in [0.15, 0.2) is 0 Å². The van der Waals surface area contributed by atoms with Gasteiger partial charge in [-0.1, -0.05) is 18.6 Å². The molecule has 1 amide bonds. The van der Waals surface area contributed by atoms with Gasteiger partial charge in [-0.25, -0.2) is 0 Å². The molecule has 1 atom stereocenters. The van der Waals surface area contributed by atoms with E-state index < -0.39 is 0 Å². The summed E-state index contributed by atoms with van der Waals surface area (Å²) in [4.78, 5) is 15.5. The van der Waals surface area contributed by atoms with Gasteiger partial charge in [0.05, 0.1) is 27.0 Å². The summed E-state index contributed by atoms with van der Waals surface area (Å²) < 4.78 is 17.8. The lowest BCUT2D eigenvalue weighted by Gasteiger charge is -2.25. The van der Waals surface area contributed by atoms with Gasteiger partial charge in [-0.3, -0.25) is 9.48 Å². The zero-order valence-electron chi connectivity index (χ0n) is 19.7. The number of likely N-dealkylation sites (tertiary alicyclic amines) is 1. The Balaban J connectivity index is 1.59. The molecule has 0 N–H and O–H groups in total. The third-order valence-corrected chi connectivity index (χ3v) is 6.33. The number of hydrogen-bond donors (Lipinski definition) is 0. The highest BCUT2D eigenvalue weighted by molar-refractivity contribution is 5.94. The van der Waals surface area contributed by atoms with Crippen LogP contribution in [0.4, 0.5) is 0 Å². The monoisotopic (exact) mass is 449 g/mol. The van der Waals surface area contributed by atoms with E-state index in [1.54, 1.807) is 26.0 Å². The van der Waals surface area contributed by atoms with E-state index in [1.165, 1.54) is 5.56 Å². The van der Waals surface area contributed by atoms with Gasteiger partial charge >= 0.3 is 0 Å². The fourth-order valence-corrected chi connectivity index (χ4v) is 4.45. The highest BCUT2D eigenvalue weighted by Gasteiger charge is 2.27. The summed E-state index contributed by atoms with van der Waals surface area (Å²) in [5.41, 5.74) is 3.27. The lowest BCUT2D eigenvalue weighted by Crippen LogP contribution is -2.35. The van der Waals surface area contributed by atoms with E-state index in [2.05, 4.69) is 17.2 Å². The van der Waals surface area contributed by atoms with Crippen LogP contribution in [-0.2, 0) is 7.05 Å². The fourth-order valence-electron chi connectivity index (χ4n) is 4.45. The van der Waals surface area contributed by atoms with Crippen molar-refractivity contribution in [1.82, 2.24) is 14.7 Å². The molecule has 0 radical (unpaired) electrons. The fraction of sp³-hybridized carbons (Fsp3) is 0.385. The second kappa shape index (κ2) is 9.98. The molecule has 4 rings (SSSR count). The third-order valence-electron chi connectivity index (χ3n) is 6.33. The summed E-state index contributed by atoms with van der Waals surface area (Å²) in [5.74, 6) is 2.53. The van der Waals surface area contributed by atoms with E-state index in [1.807, 2.05) is 48.3 Å². The highest BCUT2D eigenvalue weighted by atomic mass is 16.5. The molecule has 3 aromatic rings. The number of hydrogen-bond acceptors (Lipinski definition) is 5. The van der Waals surface area contributed by atoms with E-state index in [0.717, 1.165) is 37.1 Å². The smallest absolute Gasteiger partial charge is 0.272 e. The normalized spacial score (nSPS) is 16.2. The number of carbonyl (C=O) groups is 1. The van der Waals surface area contributed by atoms with Crippen LogP contribution in [0.1, 0.15) is 41.2 Å². The van der Waals surface area contributed by atoms with E-state index in [9.17, 15) is 4.79 Å². The molecule has 7 heteroatoms. The quantitative estimate of drug-likeness (QED) is 0.554. The molecule has 0 saturated carbocycles. The maximum atomic E-state index is 13.6. The second-order valence-corrected chi connectivity index (χ2v) is 8.32. The van der Waals surface area contributed by atoms with Gasteiger partial charge in [-0.2, -0.15) is 5.10 Å². The van der Waals surface area contributed by atoms with Crippen LogP contribution in [0.2, 0.25) is 0 Å². The minimum atomic E-state index is -0.00137. The van der Waals surface area contributed by atoms with Gasteiger partial charge in [0.1, 0.15) is 22.9 Å². The Morgan fingerprint density at radius 3 is 2.36 bits per heavy atom. The summed E-state index contributed by atoms with van der Waals surface area (Å²) >= 11 is 0. The predicted molar refractivity (Wildman–Crippen MR) is 127 cm³/mol. The Labute approximate surface area is 194 Å². The molecular formula is C26H31N3O4. The molecule has 0 bridgehead atoms. The lowest BCUT2D eigenvalue weighted by molar-refractivity contribution is 0.0743. The summed E-state index contributed by atoms with van der Waals surface area (Å²) in [6.45, 7) is 1.43. The first-order valence-electron chi connectivity index (χ1n) is 11.2. The first kappa shape index (κ1) is 22.7. The van der Waals surface area contributed by atoms with Crippen molar-refractivity contribution in [1.29, 1.82) is 0 Å². The Hall–Kier alpha value is -3.48. The van der Waals surface area contributed by atoms with Gasteiger partial charge in [0.25, 0.3) is 5.91 Å². The van der Waals surface area contributed by atoms with Crippen LogP contribution in [-0.4, -0.2) is 55.0 Å². The summed E-state index contributed by atoms with van der Waals surface area (Å²) in [7, 11) is 6.72. The van der Waals surface area contributed by atoms with Gasteiger partial charge in [-0.15, -0.1) is 0 Å². The minimum Gasteiger partial charge on any atom is -0.497 e. The average molecular weight is 450 g/mol. The van der Waals surface area contributed by atoms with Crippen LogP contribution in [0, 0.1) is 0 Å². The topological polar surface area (TPSA) is 65.8 Å². The first-order chi connectivity index (χ1) is 16.0. The van der Waals surface area contributed by atoms with Crippen LogP contribution in [0.25, 0.3) is 11.3 Å². The van der Waals surface area contributed by atoms with Gasteiger partial charge < -0.3 is 19.1 Å². The van der Waals surface area contributed by atoms with E-state index in [0.29, 0.717) is 35.3 Å². The Kier molecular flexibility index (Phi) is 6.87. The van der Waals surface area contributed by atoms with Crippen LogP contribution < -0.4 is 14.2 Å². The number of benzene rings is 2. The highest BCUT2D eigenvalue weighted by Crippen LogP contribution is 2.34. The zero-order valence-corrected chi connectivity index (χ0v) is 19.7. The molecule has 0 spiro atoms. The molecule has 1 aliphatic heterocycles. The van der Waals surface area contributed by atoms with Crippen molar-refractivity contribution in [3.63, 3.8) is 0 Å². The van der Waals surface area contributed by atoms with Gasteiger partial charge in [0, 0.05) is 31.6 Å². The number of rotatable bonds is 6. The standard InChI is InChI=1S/C26H31N3O4/c1-28-24(16-23(27-28)22-15-21(32-3)12-13-25(22)33-4)26(30)29-14-6-5-7-19(17-29)18-8-10-20(31-2)11-9-18/h8-13,15-16,19H,5-7,14,17H2,1-4H3. The summed E-state index contributed by atoms with van der Waals surface area (Å²) in [5, 5.41) is 4.62. The molecule has 1 fully saturated rings. The maximum Gasteiger partial charge on any atom is 0.272 e. The first-order valence-corrected chi connectivity index (χ1v) is 11.2. The molecule has 7 nitrogen and oxygen atoms in total. The van der Waals surface area contributed by atoms with Crippen LogP contribution in [0.5, 0.6) is 17.2 Å². The second-order valence-electron chi connectivity index (χ2n) is 8.32. The van der Waals surface area contributed by atoms with Crippen molar-refractivity contribution >= 4 is 5.91 Å². The van der Waals surface area contributed by atoms with Crippen molar-refractivity contribution in [3.05, 3.63) is 59.8 Å². The van der Waals surface area contributed by atoms with Crippen molar-refractivity contribution in [2.45, 2.75) is 25.2 Å². The number of amides is 1. The number of methoxy groups -OCH3 is 3. The molecule has 0 aliphatic carbocycles. The number of aryl methyl sites for hydroxylation is 1. The van der Waals surface area contributed by atoms with Crippen LogP contribution >= 0.6 is 0 Å². The van der Waals surface area contributed by atoms with Crippen LogP contribution in [0.3, 0.4) is 0 Å². The van der Waals surface area contributed by atoms with Gasteiger partial charge in [0.2, 0.25) is 0 Å². The molecule has 1 unspecified atom stereocenters. The van der Waals surface area contributed by atoms with Crippen molar-refractivity contribution in [2.24, 2.45) is 7.05 Å². The van der Waals surface area contributed by atoms with E-state index >= 15 is 0 Å². The molecule has 174 valence electrons. The molecule has 1 aromatic heterocycles. The molecule has 2 heterocycles. The molecule has 1 aliphatic rings. The summed E-state index contributed by atoms with van der Waals surface area (Å²) in [6.07, 6.45) is 3.15. The zero-order chi connectivity index (χ0) is 23.4. The number of aromatic nitrogens is 2. The molecular weight excluding hydrogens is 418 g/mol. The number of carbonyl (C=O) groups excluding carboxylic acids is 1. The van der Waals surface area contributed by atoms with E-state index in [-0.39, 0.29) is 5.91 Å². The Morgan fingerprint density at radius 1 is 0.939 bits per heavy atom. The third kappa shape index (κ3) is 4.82. The number of ether oxygens (including phenoxy) is 3. The minimum absolute atomic E-state index is 0.00137. The molecule has 2 aromatic carbocycles. The van der Waals surface area contributed by atoms with Crippen molar-refractivity contribution in [2.75, 3.05) is 34.4 Å². The largest absolute Gasteiger partial charge is 0.497 e. The van der Waals surface area contributed by atoms with Crippen molar-refractivity contribution in [3.8, 4) is 28.5 Å². The maximum absolute atomic E-state index is 13.6. The lowest BCUT2D eigenvalue weighted by atomic mass is 9.94. The predicted octanol–water partition coefficient (Wildman–Crippen LogP) is 4.52.